The molecule has 0 aliphatic carbocycles. The summed E-state index contributed by atoms with van der Waals surface area (Å²) in [5, 5.41) is 9.06. The topological polar surface area (TPSA) is 78.0 Å². The first-order chi connectivity index (χ1) is 13.5. The molecule has 0 bridgehead atoms. The second-order valence-electron chi connectivity index (χ2n) is 7.23. The van der Waals surface area contributed by atoms with E-state index in [0.717, 1.165) is 31.8 Å². The molecule has 1 aromatic rings. The Morgan fingerprint density at radius 2 is 2.25 bits per heavy atom. The van der Waals surface area contributed by atoms with Gasteiger partial charge < -0.3 is 20.7 Å². The summed E-state index contributed by atoms with van der Waals surface area (Å²) in [7, 11) is 1.68. The Hall–Kier alpha value is -2.56. The molecule has 1 amide bonds. The Morgan fingerprint density at radius 1 is 1.43 bits per heavy atom. The minimum absolute atomic E-state index is 0.102. The monoisotopic (exact) mass is 385 g/mol. The van der Waals surface area contributed by atoms with Gasteiger partial charge in [-0.15, -0.1) is 6.42 Å². The zero-order valence-corrected chi connectivity index (χ0v) is 17.0. The van der Waals surface area contributed by atoms with Crippen LogP contribution in [0.1, 0.15) is 19.4 Å². The lowest BCUT2D eigenvalue weighted by molar-refractivity contribution is -0.115. The lowest BCUT2D eigenvalue weighted by atomic mass is 10.2. The van der Waals surface area contributed by atoms with Crippen molar-refractivity contribution < 1.29 is 9.53 Å². The number of anilines is 1. The van der Waals surface area contributed by atoms with E-state index in [1.54, 1.807) is 19.2 Å². The molecule has 0 spiro atoms. The molecule has 1 aromatic carbocycles. The van der Waals surface area contributed by atoms with Gasteiger partial charge in [-0.05, 0) is 24.1 Å². The molecule has 7 nitrogen and oxygen atoms in total. The molecule has 152 valence electrons. The lowest BCUT2D eigenvalue weighted by Crippen LogP contribution is -2.50. The molecular weight excluding hydrogens is 354 g/mol. The van der Waals surface area contributed by atoms with Crippen LogP contribution in [0.15, 0.2) is 29.3 Å². The first-order valence-electron chi connectivity index (χ1n) is 9.65. The van der Waals surface area contributed by atoms with Crippen molar-refractivity contribution in [1.82, 2.24) is 15.5 Å². The number of benzene rings is 1. The van der Waals surface area contributed by atoms with Gasteiger partial charge in [0.25, 0.3) is 0 Å². The second-order valence-corrected chi connectivity index (χ2v) is 7.23. The maximum atomic E-state index is 12.1. The van der Waals surface area contributed by atoms with Gasteiger partial charge in [-0.1, -0.05) is 25.8 Å². The first-order valence-corrected chi connectivity index (χ1v) is 9.65. The highest BCUT2D eigenvalue weighted by molar-refractivity contribution is 5.95. The molecule has 1 aliphatic rings. The van der Waals surface area contributed by atoms with E-state index < -0.39 is 0 Å². The summed E-state index contributed by atoms with van der Waals surface area (Å²) in [6.07, 6.45) is 5.48. The van der Waals surface area contributed by atoms with Crippen molar-refractivity contribution in [2.24, 2.45) is 10.9 Å². The van der Waals surface area contributed by atoms with E-state index in [2.05, 4.69) is 45.6 Å². The van der Waals surface area contributed by atoms with E-state index in [9.17, 15) is 4.79 Å². The zero-order valence-electron chi connectivity index (χ0n) is 17.0. The first kappa shape index (κ1) is 21.7. The van der Waals surface area contributed by atoms with Gasteiger partial charge >= 0.3 is 0 Å². The van der Waals surface area contributed by atoms with Crippen molar-refractivity contribution >= 4 is 17.6 Å². The number of hydrogen-bond acceptors (Lipinski definition) is 4. The maximum Gasteiger partial charge on any atom is 0.243 e. The normalized spacial score (nSPS) is 17.8. The van der Waals surface area contributed by atoms with Gasteiger partial charge in [0.2, 0.25) is 5.91 Å². The molecule has 0 aromatic heterocycles. The predicted octanol–water partition coefficient (Wildman–Crippen LogP) is 1.13. The Bertz CT molecular complexity index is 711. The minimum Gasteiger partial charge on any atom is -0.374 e. The number of morpholine rings is 1. The molecule has 1 aliphatic heterocycles. The molecule has 1 unspecified atom stereocenters. The summed E-state index contributed by atoms with van der Waals surface area (Å²) >= 11 is 0. The van der Waals surface area contributed by atoms with Gasteiger partial charge in [0.15, 0.2) is 5.96 Å². The second kappa shape index (κ2) is 11.3. The van der Waals surface area contributed by atoms with Crippen LogP contribution in [0, 0.1) is 18.3 Å². The Labute approximate surface area is 167 Å². The highest BCUT2D eigenvalue weighted by Crippen LogP contribution is 2.09. The van der Waals surface area contributed by atoms with E-state index in [1.165, 1.54) is 0 Å². The zero-order chi connectivity index (χ0) is 20.4. The highest BCUT2D eigenvalue weighted by Gasteiger charge is 2.21. The van der Waals surface area contributed by atoms with Crippen LogP contribution < -0.4 is 16.0 Å². The van der Waals surface area contributed by atoms with Crippen LogP contribution in [-0.4, -0.2) is 69.2 Å². The van der Waals surface area contributed by atoms with Crippen molar-refractivity contribution in [1.29, 1.82) is 0 Å². The fraction of sp³-hybridized carbons (Fsp3) is 0.524. The summed E-state index contributed by atoms with van der Waals surface area (Å²) in [4.78, 5) is 18.7. The Kier molecular flexibility index (Phi) is 8.79. The van der Waals surface area contributed by atoms with E-state index in [-0.39, 0.29) is 18.6 Å². The average molecular weight is 386 g/mol. The van der Waals surface area contributed by atoms with Crippen LogP contribution in [0.4, 0.5) is 5.69 Å². The molecule has 2 rings (SSSR count). The van der Waals surface area contributed by atoms with Gasteiger partial charge in [-0.2, -0.15) is 0 Å². The largest absolute Gasteiger partial charge is 0.374 e. The van der Waals surface area contributed by atoms with Gasteiger partial charge in [-0.25, -0.2) is 0 Å². The number of ether oxygens (including phenoxy) is 1. The Balaban J connectivity index is 1.73. The SMILES string of the molecule is C#Cc1cccc(NC(=O)CNC(=NC)NCC2CN(CC(C)C)CCO2)c1. The fourth-order valence-corrected chi connectivity index (χ4v) is 3.07. The molecule has 1 saturated heterocycles. The molecule has 1 heterocycles. The smallest absolute Gasteiger partial charge is 0.243 e. The van der Waals surface area contributed by atoms with Crippen molar-refractivity contribution in [3.8, 4) is 12.3 Å². The van der Waals surface area contributed by atoms with Gasteiger partial charge in [0.1, 0.15) is 0 Å². The molecule has 0 saturated carbocycles. The van der Waals surface area contributed by atoms with Crippen molar-refractivity contribution in [2.45, 2.75) is 20.0 Å². The number of carbonyl (C=O) groups excluding carboxylic acids is 1. The summed E-state index contributed by atoms with van der Waals surface area (Å²) < 4.78 is 5.83. The highest BCUT2D eigenvalue weighted by atomic mass is 16.5. The number of carbonyl (C=O) groups is 1. The van der Waals surface area contributed by atoms with Crippen LogP contribution in [0.25, 0.3) is 0 Å². The van der Waals surface area contributed by atoms with E-state index in [0.29, 0.717) is 24.1 Å². The van der Waals surface area contributed by atoms with Crippen LogP contribution in [-0.2, 0) is 9.53 Å². The molecule has 1 fully saturated rings. The number of hydrogen-bond donors (Lipinski definition) is 3. The van der Waals surface area contributed by atoms with Gasteiger partial charge in [-0.3, -0.25) is 14.7 Å². The molecule has 0 radical (unpaired) electrons. The standard InChI is InChI=1S/C21H31N5O2/c1-5-17-7-6-8-18(11-17)25-20(27)13-24-21(22-4)23-12-19-15-26(9-10-28-19)14-16(2)3/h1,6-8,11,16,19H,9-10,12-15H2,2-4H3,(H,25,27)(H2,22,23,24). The summed E-state index contributed by atoms with van der Waals surface area (Å²) in [6, 6.07) is 7.18. The van der Waals surface area contributed by atoms with E-state index in [4.69, 9.17) is 11.2 Å². The third-order valence-electron chi connectivity index (χ3n) is 4.30. The van der Waals surface area contributed by atoms with Crippen LogP contribution in [0.2, 0.25) is 0 Å². The third kappa shape index (κ3) is 7.59. The van der Waals surface area contributed by atoms with E-state index in [1.807, 2.05) is 12.1 Å². The maximum absolute atomic E-state index is 12.1. The fourth-order valence-electron chi connectivity index (χ4n) is 3.07. The average Bonchev–Trinajstić information content (AvgIpc) is 2.68. The number of amides is 1. The van der Waals surface area contributed by atoms with Crippen molar-refractivity contribution in [3.63, 3.8) is 0 Å². The number of rotatable bonds is 7. The quantitative estimate of drug-likeness (QED) is 0.373. The summed E-state index contributed by atoms with van der Waals surface area (Å²) in [6.45, 7) is 8.88. The van der Waals surface area contributed by atoms with Crippen LogP contribution in [0.5, 0.6) is 0 Å². The van der Waals surface area contributed by atoms with E-state index >= 15 is 0 Å². The molecule has 7 heteroatoms. The molecule has 3 N–H and O–H groups in total. The number of terminal acetylenes is 1. The molecule has 28 heavy (non-hydrogen) atoms. The number of nitrogens with zero attached hydrogens (tertiary/aromatic N) is 2. The molecule has 1 atom stereocenters. The number of nitrogens with one attached hydrogen (secondary N) is 3. The van der Waals surface area contributed by atoms with Crippen molar-refractivity contribution in [3.05, 3.63) is 29.8 Å². The Morgan fingerprint density at radius 3 is 2.96 bits per heavy atom. The van der Waals surface area contributed by atoms with Gasteiger partial charge in [0.05, 0.1) is 19.3 Å². The van der Waals surface area contributed by atoms with Crippen LogP contribution >= 0.6 is 0 Å². The predicted molar refractivity (Wildman–Crippen MR) is 113 cm³/mol. The number of aliphatic imine (C=N–C) groups is 1. The summed E-state index contributed by atoms with van der Waals surface area (Å²) in [5.41, 5.74) is 1.40. The summed E-state index contributed by atoms with van der Waals surface area (Å²) in [5.74, 6) is 3.58. The van der Waals surface area contributed by atoms with Gasteiger partial charge in [0, 0.05) is 44.5 Å². The third-order valence-corrected chi connectivity index (χ3v) is 4.30. The molecular formula is C21H31N5O2. The van der Waals surface area contributed by atoms with Crippen LogP contribution in [0.3, 0.4) is 0 Å². The number of guanidine groups is 1. The minimum atomic E-state index is -0.172. The van der Waals surface area contributed by atoms with Crippen molar-refractivity contribution in [2.75, 3.05) is 51.7 Å². The lowest BCUT2D eigenvalue weighted by Gasteiger charge is -2.34.